The van der Waals surface area contributed by atoms with Crippen molar-refractivity contribution in [3.05, 3.63) is 45.6 Å². The molecule has 0 saturated carbocycles. The van der Waals surface area contributed by atoms with Gasteiger partial charge in [0, 0.05) is 18.2 Å². The van der Waals surface area contributed by atoms with Crippen molar-refractivity contribution in [2.75, 3.05) is 7.11 Å². The van der Waals surface area contributed by atoms with Gasteiger partial charge in [-0.2, -0.15) is 13.9 Å². The molecule has 2 N–H and O–H groups in total. The van der Waals surface area contributed by atoms with E-state index in [1.54, 1.807) is 30.8 Å². The van der Waals surface area contributed by atoms with Gasteiger partial charge in [0.2, 0.25) is 0 Å². The molecule has 2 aromatic rings. The number of ether oxygens (including phenoxy) is 1. The first-order valence-electron chi connectivity index (χ1n) is 6.70. The second-order valence-corrected chi connectivity index (χ2v) is 5.02. The molecule has 0 amide bonds. The second-order valence-electron chi connectivity index (χ2n) is 5.02. The first-order valence-corrected chi connectivity index (χ1v) is 6.70. The van der Waals surface area contributed by atoms with E-state index in [1.807, 2.05) is 13.0 Å². The molecule has 0 aliphatic rings. The molecule has 0 atom stereocenters. The Balaban J connectivity index is 2.48. The van der Waals surface area contributed by atoms with Gasteiger partial charge >= 0.3 is 5.69 Å². The van der Waals surface area contributed by atoms with Crippen LogP contribution in [0.3, 0.4) is 0 Å². The highest BCUT2D eigenvalue weighted by atomic mass is 16.5. The summed E-state index contributed by atoms with van der Waals surface area (Å²) in [6.45, 7) is 1.83. The largest absolute Gasteiger partial charge is 0.507 e. The Bertz CT molecular complexity index is 784. The van der Waals surface area contributed by atoms with E-state index in [4.69, 9.17) is 4.74 Å². The minimum atomic E-state index is -0.150. The number of hydrogen-bond donors (Lipinski definition) is 2. The maximum atomic E-state index is 12.0. The number of phenols is 2. The van der Waals surface area contributed by atoms with Crippen molar-refractivity contribution in [3.63, 3.8) is 0 Å². The summed E-state index contributed by atoms with van der Waals surface area (Å²) in [5.74, 6) is 0.162. The predicted octanol–water partition coefficient (Wildman–Crippen LogP) is 1.11. The van der Waals surface area contributed by atoms with Gasteiger partial charge in [-0.25, -0.2) is 0 Å². The van der Waals surface area contributed by atoms with E-state index in [0.717, 1.165) is 5.69 Å². The lowest BCUT2D eigenvalue weighted by molar-refractivity contribution is -0.692. The van der Waals surface area contributed by atoms with Crippen LogP contribution in [0.5, 0.6) is 17.2 Å². The molecule has 22 heavy (non-hydrogen) atoms. The van der Waals surface area contributed by atoms with Crippen molar-refractivity contribution in [2.24, 2.45) is 14.1 Å². The number of benzene rings is 1. The highest BCUT2D eigenvalue weighted by Crippen LogP contribution is 2.33. The van der Waals surface area contributed by atoms with Crippen molar-refractivity contribution < 1.29 is 19.5 Å². The van der Waals surface area contributed by atoms with Gasteiger partial charge in [-0.3, -0.25) is 0 Å². The Morgan fingerprint density at radius 3 is 2.32 bits per heavy atom. The first kappa shape index (κ1) is 15.6. The van der Waals surface area contributed by atoms with Gasteiger partial charge in [-0.05, 0) is 19.1 Å². The summed E-state index contributed by atoms with van der Waals surface area (Å²) < 4.78 is 7.99. The van der Waals surface area contributed by atoms with Crippen molar-refractivity contribution in [1.82, 2.24) is 4.57 Å². The third-order valence-corrected chi connectivity index (χ3v) is 3.61. The van der Waals surface area contributed by atoms with Gasteiger partial charge in [0.15, 0.2) is 0 Å². The fraction of sp³-hybridized carbons (Fsp3) is 0.250. The summed E-state index contributed by atoms with van der Waals surface area (Å²) in [4.78, 5) is 12.0. The molecular weight excluding hydrogens is 284 g/mol. The minimum Gasteiger partial charge on any atom is -0.507 e. The number of methoxy groups -OCH3 is 1. The number of aromatic hydroxyl groups is 2. The van der Waals surface area contributed by atoms with Gasteiger partial charge in [-0.1, -0.05) is 0 Å². The summed E-state index contributed by atoms with van der Waals surface area (Å²) in [5, 5.41) is 19.9. The maximum Gasteiger partial charge on any atom is 0.498 e. The molecule has 1 aromatic carbocycles. The summed E-state index contributed by atoms with van der Waals surface area (Å²) in [5.41, 5.74) is 1.59. The van der Waals surface area contributed by atoms with Crippen LogP contribution in [-0.2, 0) is 14.1 Å². The van der Waals surface area contributed by atoms with Gasteiger partial charge in [0.1, 0.15) is 28.6 Å². The van der Waals surface area contributed by atoms with Crippen molar-refractivity contribution >= 4 is 12.2 Å². The molecule has 6 nitrogen and oxygen atoms in total. The Morgan fingerprint density at radius 1 is 1.18 bits per heavy atom. The van der Waals surface area contributed by atoms with Crippen LogP contribution in [0.4, 0.5) is 0 Å². The fourth-order valence-electron chi connectivity index (χ4n) is 2.11. The van der Waals surface area contributed by atoms with Crippen LogP contribution in [0.1, 0.15) is 17.0 Å². The van der Waals surface area contributed by atoms with Crippen molar-refractivity contribution in [2.45, 2.75) is 6.92 Å². The van der Waals surface area contributed by atoms with Crippen LogP contribution >= 0.6 is 0 Å². The number of aromatic nitrogens is 2. The molecule has 0 spiro atoms. The highest BCUT2D eigenvalue weighted by Gasteiger charge is 2.12. The number of phenolic OH excluding ortho intramolecular Hbond substituents is 2. The Labute approximate surface area is 128 Å². The van der Waals surface area contributed by atoms with E-state index in [9.17, 15) is 15.0 Å². The maximum absolute atomic E-state index is 12.0. The number of hydrogen-bond acceptors (Lipinski definition) is 4. The predicted molar refractivity (Wildman–Crippen MR) is 82.8 cm³/mol. The zero-order valence-electron chi connectivity index (χ0n) is 13.0. The van der Waals surface area contributed by atoms with Crippen LogP contribution in [0, 0.1) is 6.92 Å². The van der Waals surface area contributed by atoms with E-state index in [0.29, 0.717) is 11.4 Å². The molecule has 1 aromatic heterocycles. The molecule has 0 aliphatic heterocycles. The average molecular weight is 303 g/mol. The van der Waals surface area contributed by atoms with Crippen molar-refractivity contribution in [3.8, 4) is 17.2 Å². The average Bonchev–Trinajstić information content (AvgIpc) is 2.48. The number of nitrogens with zero attached hydrogens (tertiary/aromatic N) is 2. The molecular formula is C16H19N2O4+. The lowest BCUT2D eigenvalue weighted by Gasteiger charge is -2.06. The highest BCUT2D eigenvalue weighted by molar-refractivity contribution is 5.74. The summed E-state index contributed by atoms with van der Waals surface area (Å²) in [6, 6.07) is 4.67. The zero-order chi connectivity index (χ0) is 16.4. The molecule has 1 heterocycles. The Morgan fingerprint density at radius 2 is 1.77 bits per heavy atom. The topological polar surface area (TPSA) is 75.6 Å². The summed E-state index contributed by atoms with van der Waals surface area (Å²) in [7, 11) is 4.81. The standard InChI is InChI=1S/C16H18N2O4/c1-10-7-11(18(3)16(21)17(10)2)5-6-13-14(19)8-12(22-4)9-15(13)20/h5-9H,1-4H3,(H,19,20)/p+1. The molecule has 6 heteroatoms. The molecule has 0 radical (unpaired) electrons. The zero-order valence-corrected chi connectivity index (χ0v) is 13.0. The quantitative estimate of drug-likeness (QED) is 0.833. The van der Waals surface area contributed by atoms with E-state index in [2.05, 4.69) is 0 Å². The smallest absolute Gasteiger partial charge is 0.498 e. The van der Waals surface area contributed by atoms with Gasteiger partial charge in [0.05, 0.1) is 26.8 Å². The molecule has 0 saturated heterocycles. The monoisotopic (exact) mass is 303 g/mol. The first-order chi connectivity index (χ1) is 10.3. The van der Waals surface area contributed by atoms with E-state index in [-0.39, 0.29) is 22.8 Å². The van der Waals surface area contributed by atoms with Crippen LogP contribution in [0.15, 0.2) is 23.0 Å². The SMILES string of the molecule is COc1cc(O)c(/C=C/c2cc(C)n(C)c(=O)[n+]2C)c(O)c1. The Hall–Kier alpha value is -2.76. The summed E-state index contributed by atoms with van der Waals surface area (Å²) >= 11 is 0. The fourth-order valence-corrected chi connectivity index (χ4v) is 2.11. The number of rotatable bonds is 3. The van der Waals surface area contributed by atoms with Gasteiger partial charge in [-0.15, -0.1) is 0 Å². The summed E-state index contributed by atoms with van der Waals surface area (Å²) in [6.07, 6.45) is 3.22. The van der Waals surface area contributed by atoms with Crippen LogP contribution in [-0.4, -0.2) is 21.9 Å². The van der Waals surface area contributed by atoms with Crippen LogP contribution in [0.25, 0.3) is 12.2 Å². The lowest BCUT2D eigenvalue weighted by Crippen LogP contribution is -2.53. The lowest BCUT2D eigenvalue weighted by atomic mass is 10.1. The molecule has 0 bridgehead atoms. The van der Waals surface area contributed by atoms with Crippen LogP contribution in [0.2, 0.25) is 0 Å². The molecule has 0 aliphatic carbocycles. The second kappa shape index (κ2) is 5.93. The molecule has 0 fully saturated rings. The minimum absolute atomic E-state index is 0.101. The molecule has 0 unspecified atom stereocenters. The molecule has 2 rings (SSSR count). The van der Waals surface area contributed by atoms with Gasteiger partial charge < -0.3 is 14.9 Å². The third kappa shape index (κ3) is 2.81. The van der Waals surface area contributed by atoms with Crippen LogP contribution < -0.4 is 15.0 Å². The third-order valence-electron chi connectivity index (χ3n) is 3.61. The Kier molecular flexibility index (Phi) is 4.21. The number of aryl methyl sites for hydroxylation is 1. The van der Waals surface area contributed by atoms with Gasteiger partial charge in [0.25, 0.3) is 0 Å². The normalized spacial score (nSPS) is 11.1. The molecule has 116 valence electrons. The van der Waals surface area contributed by atoms with E-state index in [1.165, 1.54) is 23.8 Å². The van der Waals surface area contributed by atoms with E-state index < -0.39 is 0 Å². The van der Waals surface area contributed by atoms with E-state index >= 15 is 0 Å². The van der Waals surface area contributed by atoms with Crippen molar-refractivity contribution in [1.29, 1.82) is 0 Å².